The van der Waals surface area contributed by atoms with E-state index in [0.717, 1.165) is 43.0 Å². The second-order valence-electron chi connectivity index (χ2n) is 8.05. The van der Waals surface area contributed by atoms with E-state index >= 15 is 0 Å². The third-order valence-electron chi connectivity index (χ3n) is 5.14. The lowest BCUT2D eigenvalue weighted by Crippen LogP contribution is -2.66. The average molecular weight is 552 g/mol. The van der Waals surface area contributed by atoms with E-state index in [-0.39, 0.29) is 9.23 Å². The Morgan fingerprint density at radius 2 is 1.49 bits per heavy atom. The van der Waals surface area contributed by atoms with Crippen LogP contribution in [0.2, 0.25) is 0 Å². The van der Waals surface area contributed by atoms with Crippen LogP contribution in [0.3, 0.4) is 0 Å². The predicted octanol–water partition coefficient (Wildman–Crippen LogP) is 1.97. The molecule has 5 atom stereocenters. The summed E-state index contributed by atoms with van der Waals surface area (Å²) in [6.07, 6.45) is -5.12. The molecule has 0 bridgehead atoms. The van der Waals surface area contributed by atoms with Crippen molar-refractivity contribution in [1.29, 1.82) is 0 Å². The van der Waals surface area contributed by atoms with Gasteiger partial charge in [0.1, 0.15) is 12.7 Å². The van der Waals surface area contributed by atoms with Crippen molar-refractivity contribution in [3.8, 4) is 0 Å². The second-order valence-corrected chi connectivity index (χ2v) is 9.73. The fraction of sp³-hybridized carbons (Fsp3) is 0.417. The lowest BCUT2D eigenvalue weighted by molar-refractivity contribution is -0.268. The zero-order valence-corrected chi connectivity index (χ0v) is 22.0. The molecule has 1 aromatic rings. The Morgan fingerprint density at radius 1 is 0.919 bits per heavy atom. The normalized spacial score (nSPS) is 26.5. The number of esters is 4. The Morgan fingerprint density at radius 3 is 2.05 bits per heavy atom. The van der Waals surface area contributed by atoms with Crippen LogP contribution in [0.4, 0.5) is 0 Å². The van der Waals surface area contributed by atoms with E-state index in [4.69, 9.17) is 35.9 Å². The van der Waals surface area contributed by atoms with Crippen LogP contribution < -0.4 is 0 Å². The van der Waals surface area contributed by atoms with Gasteiger partial charge in [0.2, 0.25) is 0 Å². The van der Waals surface area contributed by atoms with Gasteiger partial charge in [-0.1, -0.05) is 54.3 Å². The molecule has 0 radical (unpaired) electrons. The molecule has 2 saturated heterocycles. The van der Waals surface area contributed by atoms with E-state index in [1.54, 1.807) is 18.2 Å². The van der Waals surface area contributed by atoms with Crippen LogP contribution in [0, 0.1) is 0 Å². The molecule has 37 heavy (non-hydrogen) atoms. The summed E-state index contributed by atoms with van der Waals surface area (Å²) in [5.41, 5.74) is 0.754. The molecule has 1 amide bonds. The van der Waals surface area contributed by atoms with E-state index in [2.05, 4.69) is 0 Å². The summed E-state index contributed by atoms with van der Waals surface area (Å²) in [5.74, 6) is -3.50. The fourth-order valence-electron chi connectivity index (χ4n) is 3.81. The van der Waals surface area contributed by atoms with Gasteiger partial charge < -0.3 is 23.7 Å². The Hall–Kier alpha value is -3.29. The predicted molar refractivity (Wildman–Crippen MR) is 133 cm³/mol. The largest absolute Gasteiger partial charge is 0.463 e. The van der Waals surface area contributed by atoms with Crippen molar-refractivity contribution in [2.24, 2.45) is 0 Å². The quantitative estimate of drug-likeness (QED) is 0.212. The molecule has 198 valence electrons. The van der Waals surface area contributed by atoms with Gasteiger partial charge in [0.05, 0.1) is 4.91 Å². The van der Waals surface area contributed by atoms with Gasteiger partial charge in [-0.3, -0.25) is 28.9 Å². The highest BCUT2D eigenvalue weighted by molar-refractivity contribution is 8.26. The van der Waals surface area contributed by atoms with Gasteiger partial charge in [0.15, 0.2) is 28.9 Å². The summed E-state index contributed by atoms with van der Waals surface area (Å²) >= 11 is 6.46. The maximum absolute atomic E-state index is 13.5. The molecule has 11 nitrogen and oxygen atoms in total. The molecule has 3 rings (SSSR count). The number of ether oxygens (including phenoxy) is 5. The lowest BCUT2D eigenvalue weighted by Gasteiger charge is -2.46. The topological polar surface area (TPSA) is 135 Å². The summed E-state index contributed by atoms with van der Waals surface area (Å²) < 4.78 is 27.4. The summed E-state index contributed by atoms with van der Waals surface area (Å²) in [5, 5.41) is 0. The first kappa shape index (κ1) is 28.3. The van der Waals surface area contributed by atoms with Crippen LogP contribution in [0.1, 0.15) is 33.3 Å². The number of amides is 1. The molecule has 2 fully saturated rings. The lowest BCUT2D eigenvalue weighted by atomic mass is 9.96. The molecule has 1 aromatic carbocycles. The minimum absolute atomic E-state index is 0.0908. The van der Waals surface area contributed by atoms with Crippen molar-refractivity contribution in [2.75, 3.05) is 6.61 Å². The average Bonchev–Trinajstić information content (AvgIpc) is 3.07. The van der Waals surface area contributed by atoms with Crippen molar-refractivity contribution in [1.82, 2.24) is 4.90 Å². The van der Waals surface area contributed by atoms with Crippen LogP contribution in [-0.4, -0.2) is 76.3 Å². The van der Waals surface area contributed by atoms with Crippen molar-refractivity contribution >= 4 is 64.2 Å². The number of hydrogen-bond acceptors (Lipinski definition) is 12. The Balaban J connectivity index is 2.05. The van der Waals surface area contributed by atoms with Gasteiger partial charge in [0.25, 0.3) is 5.91 Å². The molecule has 0 aliphatic carbocycles. The molecule has 0 spiro atoms. The monoisotopic (exact) mass is 551 g/mol. The Bertz CT molecular complexity index is 1120. The maximum Gasteiger partial charge on any atom is 0.303 e. The van der Waals surface area contributed by atoms with Crippen molar-refractivity contribution in [3.63, 3.8) is 0 Å². The molecule has 13 heteroatoms. The SMILES string of the molecule is CC(=O)OC[C@H]1O[C@@H](N2C(=O)/C(=C\c3ccccc3)SC2=S)[C@H](OC(C)=O)[C@@H](OC(C)=O)[C@@H]1OC(C)=O. The van der Waals surface area contributed by atoms with E-state index < -0.39 is 67.0 Å². The van der Waals surface area contributed by atoms with Gasteiger partial charge in [-0.15, -0.1) is 0 Å². The van der Waals surface area contributed by atoms with Gasteiger partial charge in [0, 0.05) is 27.7 Å². The second kappa shape index (κ2) is 12.3. The fourth-order valence-corrected chi connectivity index (χ4v) is 5.12. The van der Waals surface area contributed by atoms with Gasteiger partial charge >= 0.3 is 23.9 Å². The summed E-state index contributed by atoms with van der Waals surface area (Å²) in [6, 6.07) is 9.07. The number of carbonyl (C=O) groups is 5. The number of thioether (sulfide) groups is 1. The van der Waals surface area contributed by atoms with Crippen LogP contribution in [0.25, 0.3) is 6.08 Å². The first-order chi connectivity index (χ1) is 17.5. The smallest absolute Gasteiger partial charge is 0.303 e. The number of hydrogen-bond donors (Lipinski definition) is 0. The summed E-state index contributed by atoms with van der Waals surface area (Å²) in [7, 11) is 0. The third-order valence-corrected chi connectivity index (χ3v) is 6.47. The first-order valence-electron chi connectivity index (χ1n) is 11.1. The highest BCUT2D eigenvalue weighted by Crippen LogP contribution is 2.39. The van der Waals surface area contributed by atoms with Gasteiger partial charge in [-0.05, 0) is 11.6 Å². The van der Waals surface area contributed by atoms with E-state index in [0.29, 0.717) is 0 Å². The number of benzene rings is 1. The molecular formula is C24H25NO10S2. The molecule has 0 aromatic heterocycles. The highest BCUT2D eigenvalue weighted by Gasteiger charge is 2.56. The summed E-state index contributed by atoms with van der Waals surface area (Å²) in [6.45, 7) is 4.11. The van der Waals surface area contributed by atoms with Crippen LogP contribution in [-0.2, 0) is 47.7 Å². The zero-order valence-electron chi connectivity index (χ0n) is 20.4. The van der Waals surface area contributed by atoms with Gasteiger partial charge in [-0.2, -0.15) is 0 Å². The molecule has 0 saturated carbocycles. The standard InChI is InChI=1S/C24H25NO10S2/c1-12(26)31-11-17-19(32-13(2)27)20(33-14(3)28)21(34-15(4)29)23(35-17)25-22(30)18(37-24(25)36)10-16-8-6-5-7-9-16/h5-10,17,19-21,23H,11H2,1-4H3/b18-10+/t17-,19-,20+,21-,23-/m1/s1. The number of thiocarbonyl (C=S) groups is 1. The highest BCUT2D eigenvalue weighted by atomic mass is 32.2. The minimum atomic E-state index is -1.43. The Labute approximate surface area is 222 Å². The molecule has 2 aliphatic heterocycles. The Kier molecular flexibility index (Phi) is 9.40. The summed E-state index contributed by atoms with van der Waals surface area (Å²) in [4.78, 5) is 62.3. The van der Waals surface area contributed by atoms with Crippen molar-refractivity contribution in [3.05, 3.63) is 40.8 Å². The molecule has 2 aliphatic rings. The van der Waals surface area contributed by atoms with E-state index in [1.165, 1.54) is 6.92 Å². The van der Waals surface area contributed by atoms with Crippen molar-refractivity contribution in [2.45, 2.75) is 58.3 Å². The first-order valence-corrected chi connectivity index (χ1v) is 12.3. The van der Waals surface area contributed by atoms with Crippen LogP contribution >= 0.6 is 24.0 Å². The van der Waals surface area contributed by atoms with Crippen LogP contribution in [0.5, 0.6) is 0 Å². The third kappa shape index (κ3) is 7.14. The van der Waals surface area contributed by atoms with E-state index in [9.17, 15) is 24.0 Å². The van der Waals surface area contributed by atoms with E-state index in [1.807, 2.05) is 18.2 Å². The van der Waals surface area contributed by atoms with Gasteiger partial charge in [-0.25, -0.2) is 0 Å². The molecule has 0 unspecified atom stereocenters. The molecule has 0 N–H and O–H groups in total. The maximum atomic E-state index is 13.5. The number of nitrogens with zero attached hydrogens (tertiary/aromatic N) is 1. The van der Waals surface area contributed by atoms with Crippen molar-refractivity contribution < 1.29 is 47.7 Å². The molecular weight excluding hydrogens is 526 g/mol. The minimum Gasteiger partial charge on any atom is -0.463 e. The zero-order chi connectivity index (χ0) is 27.3. The van der Waals surface area contributed by atoms with Crippen LogP contribution in [0.15, 0.2) is 35.2 Å². The number of carbonyl (C=O) groups excluding carboxylic acids is 5. The number of rotatable bonds is 7. The molecule has 2 heterocycles.